The van der Waals surface area contributed by atoms with Crippen molar-refractivity contribution in [2.24, 2.45) is 0 Å². The maximum atomic E-state index is 13.6. The molecule has 0 saturated heterocycles. The Morgan fingerprint density at radius 3 is 1.67 bits per heavy atom. The number of carbonyl (C=O) groups excluding carboxylic acids is 1. The molecule has 0 aliphatic carbocycles. The fourth-order valence-electron chi connectivity index (χ4n) is 4.63. The molecule has 0 fully saturated rings. The molecule has 0 heterocycles. The molecule has 1 amide bonds. The van der Waals surface area contributed by atoms with E-state index in [1.54, 1.807) is 54.6 Å². The van der Waals surface area contributed by atoms with Crippen molar-refractivity contribution in [2.75, 3.05) is 7.11 Å². The number of rotatable bonds is 10. The minimum Gasteiger partial charge on any atom is -0.497 e. The van der Waals surface area contributed by atoms with Crippen LogP contribution in [0.4, 0.5) is 26.3 Å². The molecule has 0 bridgehead atoms. The van der Waals surface area contributed by atoms with Crippen LogP contribution in [0.1, 0.15) is 22.3 Å². The third kappa shape index (κ3) is 8.18. The van der Waals surface area contributed by atoms with E-state index in [4.69, 9.17) is 4.74 Å². The Bertz CT molecular complexity index is 1450. The predicted molar refractivity (Wildman–Crippen MR) is 142 cm³/mol. The summed E-state index contributed by atoms with van der Waals surface area (Å²) in [6.45, 7) is 0. The standard InChI is InChI=1S/C31H25F6NO4/c1-40-25-13-5-10-22(16-25)17-28(39)38-29(20-21-8-3-2-4-9-21,23-11-6-14-26(18-23)41-30(32,33)34)24-12-7-15-27(19-24)42-31(35,36)37/h2-16,18-19H,17,20H2,1H3,(H,38,39). The van der Waals surface area contributed by atoms with Gasteiger partial charge in [0, 0.05) is 6.42 Å². The second-order valence-corrected chi connectivity index (χ2v) is 9.30. The Balaban J connectivity index is 1.88. The van der Waals surface area contributed by atoms with E-state index >= 15 is 0 Å². The molecule has 0 spiro atoms. The van der Waals surface area contributed by atoms with E-state index in [2.05, 4.69) is 14.8 Å². The summed E-state index contributed by atoms with van der Waals surface area (Å²) in [7, 11) is 1.47. The molecular formula is C31H25F6NO4. The lowest BCUT2D eigenvalue weighted by Gasteiger charge is -2.37. The highest BCUT2D eigenvalue weighted by Crippen LogP contribution is 2.38. The first-order valence-corrected chi connectivity index (χ1v) is 12.6. The number of hydrogen-bond donors (Lipinski definition) is 1. The van der Waals surface area contributed by atoms with Crippen molar-refractivity contribution in [1.29, 1.82) is 0 Å². The summed E-state index contributed by atoms with van der Waals surface area (Å²) >= 11 is 0. The number of amides is 1. The van der Waals surface area contributed by atoms with Gasteiger partial charge in [0.25, 0.3) is 0 Å². The maximum Gasteiger partial charge on any atom is 0.573 e. The van der Waals surface area contributed by atoms with Gasteiger partial charge < -0.3 is 19.5 Å². The summed E-state index contributed by atoms with van der Waals surface area (Å²) < 4.78 is 92.3. The number of ether oxygens (including phenoxy) is 3. The third-order valence-corrected chi connectivity index (χ3v) is 6.28. The Kier molecular flexibility index (Phi) is 8.99. The van der Waals surface area contributed by atoms with Crippen LogP contribution in [0, 0.1) is 0 Å². The van der Waals surface area contributed by atoms with Crippen molar-refractivity contribution in [3.05, 3.63) is 125 Å². The molecular weight excluding hydrogens is 564 g/mol. The minimum absolute atomic E-state index is 0.0391. The molecule has 0 saturated carbocycles. The van der Waals surface area contributed by atoms with Crippen molar-refractivity contribution in [3.8, 4) is 17.2 Å². The fourth-order valence-corrected chi connectivity index (χ4v) is 4.63. The van der Waals surface area contributed by atoms with Crippen LogP contribution >= 0.6 is 0 Å². The second-order valence-electron chi connectivity index (χ2n) is 9.30. The number of hydrogen-bond acceptors (Lipinski definition) is 4. The van der Waals surface area contributed by atoms with E-state index in [0.29, 0.717) is 16.9 Å². The molecule has 1 N–H and O–H groups in total. The zero-order valence-electron chi connectivity index (χ0n) is 22.1. The van der Waals surface area contributed by atoms with Gasteiger partial charge in [-0.2, -0.15) is 0 Å². The van der Waals surface area contributed by atoms with Gasteiger partial charge in [-0.1, -0.05) is 66.7 Å². The monoisotopic (exact) mass is 589 g/mol. The third-order valence-electron chi connectivity index (χ3n) is 6.28. The molecule has 0 radical (unpaired) electrons. The van der Waals surface area contributed by atoms with Gasteiger partial charge >= 0.3 is 12.7 Å². The summed E-state index contributed by atoms with van der Waals surface area (Å²) in [5.41, 5.74) is -0.174. The lowest BCUT2D eigenvalue weighted by molar-refractivity contribution is -0.275. The number of alkyl halides is 6. The second kappa shape index (κ2) is 12.5. The van der Waals surface area contributed by atoms with Crippen LogP contribution in [0.3, 0.4) is 0 Å². The highest BCUT2D eigenvalue weighted by molar-refractivity contribution is 5.80. The summed E-state index contributed by atoms with van der Waals surface area (Å²) in [6.07, 6.45) is -10.2. The van der Waals surface area contributed by atoms with Crippen molar-refractivity contribution in [3.63, 3.8) is 0 Å². The first-order chi connectivity index (χ1) is 19.8. The van der Waals surface area contributed by atoms with Crippen molar-refractivity contribution in [1.82, 2.24) is 5.32 Å². The van der Waals surface area contributed by atoms with Gasteiger partial charge in [0.1, 0.15) is 17.2 Å². The Labute approximate surface area is 237 Å². The van der Waals surface area contributed by atoms with Crippen LogP contribution in [-0.2, 0) is 23.2 Å². The molecule has 4 aromatic rings. The number of halogens is 6. The lowest BCUT2D eigenvalue weighted by Crippen LogP contribution is -2.49. The molecule has 0 aliphatic heterocycles. The van der Waals surface area contributed by atoms with Gasteiger partial charge in [-0.25, -0.2) is 0 Å². The average Bonchev–Trinajstić information content (AvgIpc) is 2.92. The Morgan fingerprint density at radius 2 is 1.14 bits per heavy atom. The van der Waals surface area contributed by atoms with Gasteiger partial charge in [0.2, 0.25) is 5.91 Å². The molecule has 0 unspecified atom stereocenters. The summed E-state index contributed by atoms with van der Waals surface area (Å²) in [5, 5.41) is 2.92. The summed E-state index contributed by atoms with van der Waals surface area (Å²) in [5.74, 6) is -1.18. The smallest absolute Gasteiger partial charge is 0.497 e. The first-order valence-electron chi connectivity index (χ1n) is 12.6. The molecule has 4 aromatic carbocycles. The number of nitrogens with one attached hydrogen (secondary N) is 1. The van der Waals surface area contributed by atoms with Crippen LogP contribution in [0.15, 0.2) is 103 Å². The van der Waals surface area contributed by atoms with Crippen LogP contribution < -0.4 is 19.5 Å². The molecule has 42 heavy (non-hydrogen) atoms. The van der Waals surface area contributed by atoms with Crippen molar-refractivity contribution < 1.29 is 45.3 Å². The normalized spacial score (nSPS) is 12.0. The minimum atomic E-state index is -5.00. The molecule has 0 aliphatic rings. The van der Waals surface area contributed by atoms with E-state index < -0.39 is 35.7 Å². The van der Waals surface area contributed by atoms with Crippen molar-refractivity contribution in [2.45, 2.75) is 31.1 Å². The zero-order chi connectivity index (χ0) is 30.4. The predicted octanol–water partition coefficient (Wildman–Crippen LogP) is 7.34. The van der Waals surface area contributed by atoms with E-state index in [-0.39, 0.29) is 24.0 Å². The molecule has 4 rings (SSSR count). The Hall–Kier alpha value is -4.67. The van der Waals surface area contributed by atoms with E-state index in [1.807, 2.05) is 0 Å². The largest absolute Gasteiger partial charge is 0.573 e. The van der Waals surface area contributed by atoms with E-state index in [9.17, 15) is 31.1 Å². The molecule has 5 nitrogen and oxygen atoms in total. The summed E-state index contributed by atoms with van der Waals surface area (Å²) in [4.78, 5) is 13.6. The highest BCUT2D eigenvalue weighted by atomic mass is 19.4. The fraction of sp³-hybridized carbons (Fsp3) is 0.194. The molecule has 0 aromatic heterocycles. The van der Waals surface area contributed by atoms with E-state index in [0.717, 1.165) is 24.3 Å². The van der Waals surface area contributed by atoms with Crippen LogP contribution in [0.25, 0.3) is 0 Å². The average molecular weight is 590 g/mol. The Morgan fingerprint density at radius 1 is 0.643 bits per heavy atom. The van der Waals surface area contributed by atoms with E-state index in [1.165, 1.54) is 31.4 Å². The SMILES string of the molecule is COc1cccc(CC(=O)NC(Cc2ccccc2)(c2cccc(OC(F)(F)F)c2)c2cccc(OC(F)(F)F)c2)c1. The van der Waals surface area contributed by atoms with Gasteiger partial charge in [0.05, 0.1) is 19.1 Å². The van der Waals surface area contributed by atoms with Gasteiger partial charge in [-0.15, -0.1) is 26.3 Å². The maximum absolute atomic E-state index is 13.6. The van der Waals surface area contributed by atoms with Gasteiger partial charge in [-0.05, 0) is 58.7 Å². The zero-order valence-corrected chi connectivity index (χ0v) is 22.1. The van der Waals surface area contributed by atoms with Gasteiger partial charge in [-0.3, -0.25) is 4.79 Å². The van der Waals surface area contributed by atoms with Crippen molar-refractivity contribution >= 4 is 5.91 Å². The van der Waals surface area contributed by atoms with Crippen LogP contribution in [0.5, 0.6) is 17.2 Å². The quantitative estimate of drug-likeness (QED) is 0.197. The summed E-state index contributed by atoms with van der Waals surface area (Å²) in [6, 6.07) is 25.3. The van der Waals surface area contributed by atoms with Crippen LogP contribution in [-0.4, -0.2) is 25.7 Å². The molecule has 11 heteroatoms. The first kappa shape index (κ1) is 30.3. The number of carbonyl (C=O) groups is 1. The lowest BCUT2D eigenvalue weighted by atomic mass is 9.77. The van der Waals surface area contributed by atoms with Crippen LogP contribution in [0.2, 0.25) is 0 Å². The number of methoxy groups -OCH3 is 1. The topological polar surface area (TPSA) is 56.8 Å². The molecule has 0 atom stereocenters. The number of benzene rings is 4. The van der Waals surface area contributed by atoms with Gasteiger partial charge in [0.15, 0.2) is 0 Å². The highest BCUT2D eigenvalue weighted by Gasteiger charge is 2.39. The molecule has 220 valence electrons.